The van der Waals surface area contributed by atoms with Gasteiger partial charge in [-0.2, -0.15) is 0 Å². The molecule has 0 radical (unpaired) electrons. The van der Waals surface area contributed by atoms with Crippen LogP contribution in [0.5, 0.6) is 0 Å². The van der Waals surface area contributed by atoms with E-state index in [1.165, 1.54) is 13.0 Å². The Bertz CT molecular complexity index is 877. The second kappa shape index (κ2) is 7.85. The second-order valence-electron chi connectivity index (χ2n) is 5.42. The Morgan fingerprint density at radius 3 is 2.64 bits per heavy atom. The molecular weight excluding hydrogens is 346 g/mol. The molecule has 3 N–H and O–H groups in total. The molecule has 1 amide bonds. The summed E-state index contributed by atoms with van der Waals surface area (Å²) in [4.78, 5) is 35.4. The Morgan fingerprint density at radius 2 is 1.96 bits per heavy atom. The predicted octanol–water partition coefficient (Wildman–Crippen LogP) is 2.67. The molecule has 132 valence electrons. The van der Waals surface area contributed by atoms with Crippen LogP contribution in [0.3, 0.4) is 0 Å². The molecule has 1 aromatic carbocycles. The molecule has 0 spiro atoms. The first-order valence-electron chi connectivity index (χ1n) is 7.49. The Balaban J connectivity index is 2.02. The number of ketones is 1. The van der Waals surface area contributed by atoms with E-state index in [0.717, 1.165) is 11.3 Å². The minimum absolute atomic E-state index is 0.0420. The van der Waals surface area contributed by atoms with Crippen LogP contribution in [0.2, 0.25) is 5.02 Å². The molecule has 0 unspecified atom stereocenters. The van der Waals surface area contributed by atoms with Crippen molar-refractivity contribution in [2.24, 2.45) is 0 Å². The Kier molecular flexibility index (Phi) is 5.82. The summed E-state index contributed by atoms with van der Waals surface area (Å²) in [7, 11) is 0. The van der Waals surface area contributed by atoms with Gasteiger partial charge in [0.15, 0.2) is 11.2 Å². The van der Waals surface area contributed by atoms with Gasteiger partial charge in [-0.05, 0) is 38.5 Å². The molecule has 0 aliphatic rings. The van der Waals surface area contributed by atoms with Crippen molar-refractivity contribution in [3.8, 4) is 0 Å². The summed E-state index contributed by atoms with van der Waals surface area (Å²) >= 11 is 6.02. The van der Waals surface area contributed by atoms with E-state index in [1.54, 1.807) is 25.1 Å². The minimum Gasteiger partial charge on any atom is -0.443 e. The fourth-order valence-corrected chi connectivity index (χ4v) is 2.35. The standard InChI is InChI=1S/C17H18ClN3O4/c1-9-7-14(23)16(11(3)22)17(25-9)21-20-15(24)8-19-13-6-4-5-12(18)10(13)2/h4-7,19,21H,8H2,1-3H3,(H,20,24). The molecule has 0 saturated heterocycles. The van der Waals surface area contributed by atoms with Gasteiger partial charge in [0.2, 0.25) is 5.88 Å². The van der Waals surface area contributed by atoms with Crippen LogP contribution < -0.4 is 21.6 Å². The van der Waals surface area contributed by atoms with Gasteiger partial charge in [0, 0.05) is 16.8 Å². The highest BCUT2D eigenvalue weighted by Crippen LogP contribution is 2.22. The summed E-state index contributed by atoms with van der Waals surface area (Å²) in [5.41, 5.74) is 5.81. The highest BCUT2D eigenvalue weighted by molar-refractivity contribution is 6.31. The normalized spacial score (nSPS) is 10.2. The molecule has 2 aromatic rings. The monoisotopic (exact) mass is 363 g/mol. The first-order valence-corrected chi connectivity index (χ1v) is 7.87. The van der Waals surface area contributed by atoms with Gasteiger partial charge in [-0.3, -0.25) is 25.2 Å². The molecule has 0 bridgehead atoms. The van der Waals surface area contributed by atoms with Crippen molar-refractivity contribution < 1.29 is 14.0 Å². The molecular formula is C17H18ClN3O4. The molecule has 1 heterocycles. The quantitative estimate of drug-likeness (QED) is 0.539. The van der Waals surface area contributed by atoms with Crippen LogP contribution in [0.25, 0.3) is 0 Å². The van der Waals surface area contributed by atoms with Gasteiger partial charge < -0.3 is 9.73 Å². The first-order chi connectivity index (χ1) is 11.8. The van der Waals surface area contributed by atoms with Gasteiger partial charge in [0.05, 0.1) is 6.54 Å². The number of Topliss-reactive ketones (excluding diaryl/α,β-unsaturated/α-hetero) is 1. The molecule has 7 nitrogen and oxygen atoms in total. The van der Waals surface area contributed by atoms with Crippen LogP contribution in [0, 0.1) is 13.8 Å². The highest BCUT2D eigenvalue weighted by Gasteiger charge is 2.16. The van der Waals surface area contributed by atoms with Crippen LogP contribution in [0.15, 0.2) is 33.5 Å². The number of benzene rings is 1. The van der Waals surface area contributed by atoms with E-state index in [9.17, 15) is 14.4 Å². The topological polar surface area (TPSA) is 100 Å². The Labute approximate surface area is 149 Å². The minimum atomic E-state index is -0.472. The first kappa shape index (κ1) is 18.5. The lowest BCUT2D eigenvalue weighted by atomic mass is 10.2. The summed E-state index contributed by atoms with van der Waals surface area (Å²) in [6.07, 6.45) is 0. The fourth-order valence-electron chi connectivity index (χ4n) is 2.18. The Morgan fingerprint density at radius 1 is 1.24 bits per heavy atom. The smallest absolute Gasteiger partial charge is 0.257 e. The average Bonchev–Trinajstić information content (AvgIpc) is 2.53. The maximum absolute atomic E-state index is 12.0. The summed E-state index contributed by atoms with van der Waals surface area (Å²) in [5.74, 6) is -0.652. The number of nitrogens with one attached hydrogen (secondary N) is 3. The van der Waals surface area contributed by atoms with E-state index in [0.29, 0.717) is 10.8 Å². The number of halogens is 1. The molecule has 1 aromatic heterocycles. The zero-order valence-corrected chi connectivity index (χ0v) is 14.8. The molecule has 0 aliphatic carbocycles. The van der Waals surface area contributed by atoms with Gasteiger partial charge in [-0.1, -0.05) is 17.7 Å². The van der Waals surface area contributed by atoms with E-state index in [2.05, 4.69) is 16.2 Å². The van der Waals surface area contributed by atoms with E-state index >= 15 is 0 Å². The van der Waals surface area contributed by atoms with Gasteiger partial charge in [0.25, 0.3) is 5.91 Å². The predicted molar refractivity (Wildman–Crippen MR) is 96.2 cm³/mol. The number of anilines is 2. The maximum atomic E-state index is 12.0. The van der Waals surface area contributed by atoms with Crippen LogP contribution in [-0.2, 0) is 4.79 Å². The van der Waals surface area contributed by atoms with E-state index in [1.807, 2.05) is 6.92 Å². The number of carbonyl (C=O) groups is 2. The molecule has 0 atom stereocenters. The third-order valence-corrected chi connectivity index (χ3v) is 3.85. The number of hydrogen-bond donors (Lipinski definition) is 3. The van der Waals surface area contributed by atoms with Crippen molar-refractivity contribution in [3.05, 3.63) is 56.4 Å². The van der Waals surface area contributed by atoms with Gasteiger partial charge in [-0.15, -0.1) is 0 Å². The van der Waals surface area contributed by atoms with Crippen molar-refractivity contribution in [1.82, 2.24) is 5.43 Å². The lowest BCUT2D eigenvalue weighted by molar-refractivity contribution is -0.118. The lowest BCUT2D eigenvalue weighted by Crippen LogP contribution is -2.35. The summed E-state index contributed by atoms with van der Waals surface area (Å²) in [6.45, 7) is 4.61. The molecule has 0 saturated carbocycles. The zero-order chi connectivity index (χ0) is 18.6. The van der Waals surface area contributed by atoms with Crippen molar-refractivity contribution in [2.75, 3.05) is 17.3 Å². The average molecular weight is 364 g/mol. The third kappa shape index (κ3) is 4.60. The molecule has 0 aliphatic heterocycles. The number of hydrogen-bond acceptors (Lipinski definition) is 6. The summed E-state index contributed by atoms with van der Waals surface area (Å²) in [5, 5.41) is 3.55. The zero-order valence-electron chi connectivity index (χ0n) is 14.0. The molecule has 2 rings (SSSR count). The largest absolute Gasteiger partial charge is 0.443 e. The third-order valence-electron chi connectivity index (χ3n) is 3.45. The van der Waals surface area contributed by atoms with Crippen LogP contribution in [0.4, 0.5) is 11.6 Å². The van der Waals surface area contributed by atoms with Gasteiger partial charge >= 0.3 is 0 Å². The second-order valence-corrected chi connectivity index (χ2v) is 5.83. The molecule has 0 fully saturated rings. The summed E-state index contributed by atoms with van der Waals surface area (Å²) < 4.78 is 5.31. The van der Waals surface area contributed by atoms with Gasteiger partial charge in [0.1, 0.15) is 11.3 Å². The number of amides is 1. The van der Waals surface area contributed by atoms with Crippen molar-refractivity contribution >= 4 is 34.9 Å². The number of carbonyl (C=O) groups excluding carboxylic acids is 2. The van der Waals surface area contributed by atoms with Crippen molar-refractivity contribution in [3.63, 3.8) is 0 Å². The lowest BCUT2D eigenvalue weighted by Gasteiger charge is -2.13. The van der Waals surface area contributed by atoms with E-state index in [4.69, 9.17) is 16.0 Å². The number of aryl methyl sites for hydroxylation is 1. The molecule has 25 heavy (non-hydrogen) atoms. The maximum Gasteiger partial charge on any atom is 0.257 e. The number of rotatable bonds is 6. The van der Waals surface area contributed by atoms with E-state index < -0.39 is 17.1 Å². The highest BCUT2D eigenvalue weighted by atomic mass is 35.5. The van der Waals surface area contributed by atoms with Crippen molar-refractivity contribution in [2.45, 2.75) is 20.8 Å². The van der Waals surface area contributed by atoms with Crippen LogP contribution in [0.1, 0.15) is 28.6 Å². The SMILES string of the molecule is CC(=O)c1c(NNC(=O)CNc2cccc(Cl)c2C)oc(C)cc1=O. The van der Waals surface area contributed by atoms with E-state index in [-0.39, 0.29) is 18.0 Å². The fraction of sp³-hybridized carbons (Fsp3) is 0.235. The number of hydrazine groups is 1. The molecule has 8 heteroatoms. The van der Waals surface area contributed by atoms with Crippen LogP contribution >= 0.6 is 11.6 Å². The van der Waals surface area contributed by atoms with Crippen LogP contribution in [-0.4, -0.2) is 18.2 Å². The Hall–Kier alpha value is -2.80. The van der Waals surface area contributed by atoms with Gasteiger partial charge in [-0.25, -0.2) is 0 Å². The van der Waals surface area contributed by atoms with Crippen molar-refractivity contribution in [1.29, 1.82) is 0 Å². The summed E-state index contributed by atoms with van der Waals surface area (Å²) in [6, 6.07) is 6.55.